The molecule has 0 N–H and O–H groups in total. The molecule has 0 fully saturated rings. The zero-order valence-corrected chi connectivity index (χ0v) is 27.4. The predicted octanol–water partition coefficient (Wildman–Crippen LogP) is 3.47. The number of rotatable bonds is 4. The molecule has 6 aromatic rings. The van der Waals surface area contributed by atoms with Crippen LogP contribution in [0.1, 0.15) is 64.9 Å². The molecule has 2 unspecified atom stereocenters. The summed E-state index contributed by atoms with van der Waals surface area (Å²) < 4.78 is 6.43. The molecule has 45 heavy (non-hydrogen) atoms. The van der Waals surface area contributed by atoms with Crippen molar-refractivity contribution in [3.05, 3.63) is 142 Å². The minimum absolute atomic E-state index is 0. The van der Waals surface area contributed by atoms with Gasteiger partial charge in [0.2, 0.25) is 0 Å². The van der Waals surface area contributed by atoms with Crippen LogP contribution in [-0.2, 0) is 48.9 Å². The number of halogens is 2. The second-order valence-corrected chi connectivity index (χ2v) is 16.3. The van der Waals surface area contributed by atoms with Crippen LogP contribution in [0.2, 0.25) is 0 Å². The van der Waals surface area contributed by atoms with Crippen molar-refractivity contribution in [1.29, 1.82) is 0 Å². The predicted molar refractivity (Wildman–Crippen MR) is 175 cm³/mol. The fourth-order valence-corrected chi connectivity index (χ4v) is 13.7. The summed E-state index contributed by atoms with van der Waals surface area (Å²) >= 11 is -1.14. The van der Waals surface area contributed by atoms with E-state index >= 15 is 0 Å². The first-order valence-electron chi connectivity index (χ1n) is 16.0. The Balaban J connectivity index is 0.00000150. The summed E-state index contributed by atoms with van der Waals surface area (Å²) in [6, 6.07) is 36.9. The minimum atomic E-state index is -1.14. The summed E-state index contributed by atoms with van der Waals surface area (Å²) in [6.45, 7) is 0. The van der Waals surface area contributed by atoms with Crippen LogP contribution in [-0.4, -0.2) is 9.13 Å². The molecule has 2 atom stereocenters. The Labute approximate surface area is 273 Å². The smallest absolute Gasteiger partial charge is 1.00 e. The largest absolute Gasteiger partial charge is 1.00 e. The van der Waals surface area contributed by atoms with Crippen LogP contribution >= 0.6 is 0 Å². The van der Waals surface area contributed by atoms with Gasteiger partial charge in [-0.2, -0.15) is 0 Å². The molecule has 4 aromatic carbocycles. The molecule has 0 spiro atoms. The zero-order chi connectivity index (χ0) is 28.1. The molecule has 4 aliphatic carbocycles. The Bertz CT molecular complexity index is 2040. The van der Waals surface area contributed by atoms with E-state index in [2.05, 4.69) is 118 Å². The molecular formula is C40H32F2N2Zr. The quantitative estimate of drug-likeness (QED) is 0.272. The van der Waals surface area contributed by atoms with Crippen molar-refractivity contribution >= 4 is 45.4 Å². The number of hydrogen-bond acceptors (Lipinski definition) is 0. The van der Waals surface area contributed by atoms with E-state index in [-0.39, 0.29) is 9.41 Å². The first kappa shape index (κ1) is 28.6. The molecule has 10 rings (SSSR count). The molecule has 4 aliphatic rings. The molecule has 0 amide bonds. The van der Waals surface area contributed by atoms with Crippen molar-refractivity contribution in [2.45, 2.75) is 45.8 Å². The topological polar surface area (TPSA) is 9.86 Å². The SMILES string of the molecule is C1=C(n2c3c(c4ccccc42)CCC3)[CH]([Zr+2][CH]2C(n3c4c(c5ccccc53)CCC4)=Cc3ccccc32)c2ccccc21.[F-].[F-]. The molecular weight excluding hydrogens is 638 g/mol. The molecule has 2 aromatic heterocycles. The molecule has 0 radical (unpaired) electrons. The van der Waals surface area contributed by atoms with E-state index in [1.54, 1.807) is 45.0 Å². The van der Waals surface area contributed by atoms with Gasteiger partial charge in [-0.3, -0.25) is 0 Å². The Kier molecular flexibility index (Phi) is 6.95. The monoisotopic (exact) mass is 668 g/mol. The summed E-state index contributed by atoms with van der Waals surface area (Å²) in [7, 11) is 0. The molecule has 220 valence electrons. The van der Waals surface area contributed by atoms with Crippen LogP contribution in [0.5, 0.6) is 0 Å². The van der Waals surface area contributed by atoms with Gasteiger partial charge in [0.25, 0.3) is 0 Å². The number of aryl methyl sites for hydroxylation is 2. The molecule has 0 bridgehead atoms. The van der Waals surface area contributed by atoms with Crippen LogP contribution in [0, 0.1) is 0 Å². The second-order valence-electron chi connectivity index (χ2n) is 12.7. The number of allylic oxidation sites excluding steroid dienone is 2. The summed E-state index contributed by atoms with van der Waals surface area (Å²) in [6.07, 6.45) is 12.5. The van der Waals surface area contributed by atoms with Crippen LogP contribution in [0.3, 0.4) is 0 Å². The molecule has 2 nitrogen and oxygen atoms in total. The van der Waals surface area contributed by atoms with E-state index in [0.29, 0.717) is 7.25 Å². The Morgan fingerprint density at radius 1 is 0.489 bits per heavy atom. The van der Waals surface area contributed by atoms with Gasteiger partial charge in [0.15, 0.2) is 0 Å². The van der Waals surface area contributed by atoms with Gasteiger partial charge in [0.1, 0.15) is 0 Å². The first-order chi connectivity index (χ1) is 21.3. The van der Waals surface area contributed by atoms with E-state index in [1.807, 2.05) is 0 Å². The van der Waals surface area contributed by atoms with Crippen molar-refractivity contribution in [2.24, 2.45) is 0 Å². The van der Waals surface area contributed by atoms with Crippen molar-refractivity contribution < 1.29 is 32.6 Å². The maximum absolute atomic E-state index is 2.72. The maximum atomic E-state index is 2.72. The van der Waals surface area contributed by atoms with Crippen molar-refractivity contribution in [3.8, 4) is 0 Å². The standard InChI is InChI=1S/2C20H16N.2FH.Zr/c2*1-2-7-15-13-16(12-14(15)6-1)21-19-10-4-3-8-17(19)18-9-5-11-20(18)21;;;/h2*1-4,6-8,10,12-13H,5,9,11H2;2*1H;/q;;;;+2/p-2. The zero-order valence-electron chi connectivity index (χ0n) is 24.9. The average molecular weight is 670 g/mol. The number of hydrogen-bond donors (Lipinski definition) is 0. The first-order valence-corrected chi connectivity index (χ1v) is 18.8. The third-order valence-electron chi connectivity index (χ3n) is 10.5. The van der Waals surface area contributed by atoms with Crippen LogP contribution in [0.4, 0.5) is 0 Å². The summed E-state index contributed by atoms with van der Waals surface area (Å²) in [5.41, 5.74) is 18.2. The van der Waals surface area contributed by atoms with E-state index in [9.17, 15) is 0 Å². The fraction of sp³-hybridized carbons (Fsp3) is 0.200. The summed E-state index contributed by atoms with van der Waals surface area (Å²) in [5, 5.41) is 2.94. The van der Waals surface area contributed by atoms with E-state index < -0.39 is 23.2 Å². The van der Waals surface area contributed by atoms with Crippen molar-refractivity contribution in [3.63, 3.8) is 0 Å². The van der Waals surface area contributed by atoms with Gasteiger partial charge in [-0.15, -0.1) is 0 Å². The minimum Gasteiger partial charge on any atom is -1.00 e. The summed E-state index contributed by atoms with van der Waals surface area (Å²) in [4.78, 5) is 0. The van der Waals surface area contributed by atoms with E-state index in [1.165, 1.54) is 71.5 Å². The fourth-order valence-electron chi connectivity index (χ4n) is 8.78. The average Bonchev–Trinajstić information content (AvgIpc) is 3.88. The van der Waals surface area contributed by atoms with Crippen molar-refractivity contribution in [1.82, 2.24) is 9.13 Å². The van der Waals surface area contributed by atoms with Crippen LogP contribution < -0.4 is 9.41 Å². The van der Waals surface area contributed by atoms with Gasteiger partial charge in [-0.05, 0) is 0 Å². The summed E-state index contributed by atoms with van der Waals surface area (Å²) in [5.74, 6) is 0. The number of fused-ring (bicyclic) bond motifs is 8. The van der Waals surface area contributed by atoms with E-state index in [0.717, 1.165) is 0 Å². The number of benzene rings is 4. The third-order valence-corrected chi connectivity index (χ3v) is 15.1. The van der Waals surface area contributed by atoms with Gasteiger partial charge in [-0.25, -0.2) is 0 Å². The Morgan fingerprint density at radius 2 is 0.911 bits per heavy atom. The van der Waals surface area contributed by atoms with Gasteiger partial charge in [0.05, 0.1) is 0 Å². The second kappa shape index (κ2) is 10.9. The van der Waals surface area contributed by atoms with E-state index in [4.69, 9.17) is 0 Å². The van der Waals surface area contributed by atoms with Gasteiger partial charge in [-0.1, -0.05) is 0 Å². The molecule has 2 heterocycles. The molecule has 0 aliphatic heterocycles. The molecule has 5 heteroatoms. The van der Waals surface area contributed by atoms with Crippen molar-refractivity contribution in [2.75, 3.05) is 0 Å². The van der Waals surface area contributed by atoms with Gasteiger partial charge >= 0.3 is 265 Å². The third kappa shape index (κ3) is 4.06. The van der Waals surface area contributed by atoms with Gasteiger partial charge < -0.3 is 9.41 Å². The number of aromatic nitrogens is 2. The number of nitrogens with zero attached hydrogens (tertiary/aromatic N) is 2. The molecule has 0 saturated heterocycles. The van der Waals surface area contributed by atoms with Crippen LogP contribution in [0.25, 0.3) is 45.4 Å². The molecule has 0 saturated carbocycles. The Hall–Kier alpha value is -3.82. The van der Waals surface area contributed by atoms with Gasteiger partial charge in [0, 0.05) is 0 Å². The number of para-hydroxylation sites is 2. The maximum Gasteiger partial charge on any atom is -1.00 e. The van der Waals surface area contributed by atoms with Crippen LogP contribution in [0.15, 0.2) is 97.1 Å². The normalized spacial score (nSPS) is 18.8. The Morgan fingerprint density at radius 3 is 1.40 bits per heavy atom.